The van der Waals surface area contributed by atoms with Crippen LogP contribution in [-0.2, 0) is 14.3 Å². The van der Waals surface area contributed by atoms with E-state index in [-0.39, 0.29) is 18.4 Å². The van der Waals surface area contributed by atoms with Crippen molar-refractivity contribution in [3.8, 4) is 11.1 Å². The second-order valence-electron chi connectivity index (χ2n) is 7.77. The number of aliphatic hydroxyl groups excluding tert-OH is 1. The van der Waals surface area contributed by atoms with Gasteiger partial charge in [0, 0.05) is 5.92 Å². The molecule has 0 heterocycles. The summed E-state index contributed by atoms with van der Waals surface area (Å²) in [5.41, 5.74) is 4.36. The molecule has 2 atom stereocenters. The molecule has 4 N–H and O–H groups in total. The Morgan fingerprint density at radius 1 is 0.968 bits per heavy atom. The molecule has 0 saturated heterocycles. The van der Waals surface area contributed by atoms with Gasteiger partial charge in [-0.1, -0.05) is 62.4 Å². The highest BCUT2D eigenvalue weighted by molar-refractivity contribution is 5.89. The number of hydrogen-bond donors (Lipinski definition) is 4. The van der Waals surface area contributed by atoms with Gasteiger partial charge in [-0.3, -0.25) is 4.79 Å². The lowest BCUT2D eigenvalue weighted by molar-refractivity contribution is -0.143. The Morgan fingerprint density at radius 3 is 2.00 bits per heavy atom. The molecule has 1 aliphatic rings. The number of carboxylic acids is 1. The van der Waals surface area contributed by atoms with Crippen LogP contribution in [0.2, 0.25) is 0 Å². The van der Waals surface area contributed by atoms with Crippen LogP contribution >= 0.6 is 0 Å². The van der Waals surface area contributed by atoms with E-state index in [2.05, 4.69) is 10.6 Å². The summed E-state index contributed by atoms with van der Waals surface area (Å²) in [6.45, 7) is 2.77. The lowest BCUT2D eigenvalue weighted by Crippen LogP contribution is -2.54. The number of alkyl carbamates (subject to hydrolysis) is 1. The summed E-state index contributed by atoms with van der Waals surface area (Å²) in [7, 11) is 0. The zero-order chi connectivity index (χ0) is 22.5. The topological polar surface area (TPSA) is 125 Å². The van der Waals surface area contributed by atoms with Crippen LogP contribution in [0, 0.1) is 5.92 Å². The summed E-state index contributed by atoms with van der Waals surface area (Å²) in [6.07, 6.45) is -0.772. The van der Waals surface area contributed by atoms with Gasteiger partial charge < -0.3 is 25.6 Å². The number of carbonyl (C=O) groups excluding carboxylic acids is 2. The summed E-state index contributed by atoms with van der Waals surface area (Å²) >= 11 is 0. The van der Waals surface area contributed by atoms with Crippen LogP contribution in [0.4, 0.5) is 4.79 Å². The third-order valence-corrected chi connectivity index (χ3v) is 5.36. The Balaban J connectivity index is 1.66. The molecule has 0 aliphatic heterocycles. The number of aliphatic hydroxyl groups is 1. The van der Waals surface area contributed by atoms with E-state index in [4.69, 9.17) is 14.9 Å². The van der Waals surface area contributed by atoms with Crippen molar-refractivity contribution in [3.63, 3.8) is 0 Å². The van der Waals surface area contributed by atoms with Gasteiger partial charge in [0.25, 0.3) is 0 Å². The number of fused-ring (bicyclic) bond motifs is 3. The third kappa shape index (κ3) is 4.86. The fourth-order valence-electron chi connectivity index (χ4n) is 3.75. The first-order valence-corrected chi connectivity index (χ1v) is 10.1. The third-order valence-electron chi connectivity index (χ3n) is 5.36. The van der Waals surface area contributed by atoms with Gasteiger partial charge in [-0.2, -0.15) is 0 Å². The highest BCUT2D eigenvalue weighted by atomic mass is 16.5. The molecule has 1 unspecified atom stereocenters. The molecule has 0 bridgehead atoms. The number of rotatable bonds is 8. The molecule has 0 radical (unpaired) electrons. The molecule has 3 rings (SSSR count). The number of hydrogen-bond acceptors (Lipinski definition) is 5. The van der Waals surface area contributed by atoms with E-state index >= 15 is 0 Å². The van der Waals surface area contributed by atoms with Gasteiger partial charge in [-0.05, 0) is 28.2 Å². The van der Waals surface area contributed by atoms with Gasteiger partial charge in [-0.25, -0.2) is 9.59 Å². The van der Waals surface area contributed by atoms with Gasteiger partial charge in [0.15, 0.2) is 0 Å². The average molecular weight is 426 g/mol. The van der Waals surface area contributed by atoms with Crippen molar-refractivity contribution < 1.29 is 29.3 Å². The maximum atomic E-state index is 12.5. The van der Waals surface area contributed by atoms with E-state index in [9.17, 15) is 14.4 Å². The molecule has 0 fully saturated rings. The van der Waals surface area contributed by atoms with Crippen LogP contribution in [0.5, 0.6) is 0 Å². The Kier molecular flexibility index (Phi) is 6.91. The lowest BCUT2D eigenvalue weighted by Gasteiger charge is -2.23. The first-order chi connectivity index (χ1) is 14.8. The molecule has 2 aromatic rings. The highest BCUT2D eigenvalue weighted by Gasteiger charge is 2.31. The monoisotopic (exact) mass is 426 g/mol. The predicted octanol–water partition coefficient (Wildman–Crippen LogP) is 2.11. The Labute approximate surface area is 180 Å². The van der Waals surface area contributed by atoms with Crippen LogP contribution in [0.3, 0.4) is 0 Å². The molecule has 1 aliphatic carbocycles. The van der Waals surface area contributed by atoms with E-state index < -0.39 is 36.7 Å². The van der Waals surface area contributed by atoms with Crippen molar-refractivity contribution in [2.24, 2.45) is 5.92 Å². The van der Waals surface area contributed by atoms with Gasteiger partial charge in [0.2, 0.25) is 5.91 Å². The fraction of sp³-hybridized carbons (Fsp3) is 0.348. The largest absolute Gasteiger partial charge is 0.480 e. The van der Waals surface area contributed by atoms with Crippen molar-refractivity contribution >= 4 is 18.0 Å². The summed E-state index contributed by atoms with van der Waals surface area (Å²) < 4.78 is 5.45. The molecule has 0 saturated carbocycles. The Morgan fingerprint density at radius 2 is 1.52 bits per heavy atom. The van der Waals surface area contributed by atoms with Gasteiger partial charge >= 0.3 is 12.1 Å². The maximum Gasteiger partial charge on any atom is 0.407 e. The summed E-state index contributed by atoms with van der Waals surface area (Å²) in [5, 5.41) is 22.8. The SMILES string of the molecule is CC(C)C(NC(=O)OCC1c2ccccc2-c2ccccc21)C(=O)N[C@@H](CO)C(=O)O. The van der Waals surface area contributed by atoms with E-state index in [0.29, 0.717) is 0 Å². The summed E-state index contributed by atoms with van der Waals surface area (Å²) in [4.78, 5) is 35.9. The van der Waals surface area contributed by atoms with E-state index in [1.807, 2.05) is 48.5 Å². The minimum Gasteiger partial charge on any atom is -0.480 e. The first kappa shape index (κ1) is 22.3. The van der Waals surface area contributed by atoms with Crippen molar-refractivity contribution in [1.82, 2.24) is 10.6 Å². The van der Waals surface area contributed by atoms with Crippen LogP contribution in [-0.4, -0.2) is 53.5 Å². The fourth-order valence-corrected chi connectivity index (χ4v) is 3.75. The standard InChI is InChI=1S/C23H26N2O6/c1-13(2)20(21(27)24-19(11-26)22(28)29)25-23(30)31-12-18-16-9-5-3-7-14(16)15-8-4-6-10-17(15)18/h3-10,13,18-20,26H,11-12H2,1-2H3,(H,24,27)(H,25,30)(H,28,29)/t19-,20?/m0/s1. The number of amides is 2. The Bertz CT molecular complexity index is 929. The van der Waals surface area contributed by atoms with Gasteiger partial charge in [0.05, 0.1) is 6.61 Å². The predicted molar refractivity (Wildman–Crippen MR) is 113 cm³/mol. The lowest BCUT2D eigenvalue weighted by atomic mass is 9.98. The van der Waals surface area contributed by atoms with Crippen molar-refractivity contribution in [2.45, 2.75) is 31.8 Å². The normalized spacial score (nSPS) is 14.3. The van der Waals surface area contributed by atoms with E-state index in [1.165, 1.54) is 0 Å². The quantitative estimate of drug-likeness (QED) is 0.512. The molecule has 2 amide bonds. The number of aliphatic carboxylic acids is 1. The molecular weight excluding hydrogens is 400 g/mol. The number of ether oxygens (including phenoxy) is 1. The number of carboxylic acid groups (broad SMARTS) is 1. The van der Waals surface area contributed by atoms with Gasteiger partial charge in [-0.15, -0.1) is 0 Å². The Hall–Kier alpha value is -3.39. The van der Waals surface area contributed by atoms with Crippen LogP contribution < -0.4 is 10.6 Å². The molecule has 2 aromatic carbocycles. The van der Waals surface area contributed by atoms with Crippen LogP contribution in [0.25, 0.3) is 11.1 Å². The second-order valence-corrected chi connectivity index (χ2v) is 7.77. The smallest absolute Gasteiger partial charge is 0.407 e. The molecule has 164 valence electrons. The van der Waals surface area contributed by atoms with Crippen LogP contribution in [0.1, 0.15) is 30.9 Å². The van der Waals surface area contributed by atoms with Crippen molar-refractivity contribution in [3.05, 3.63) is 59.7 Å². The maximum absolute atomic E-state index is 12.5. The van der Waals surface area contributed by atoms with E-state index in [1.54, 1.807) is 13.8 Å². The van der Waals surface area contributed by atoms with E-state index in [0.717, 1.165) is 22.3 Å². The van der Waals surface area contributed by atoms with Crippen LogP contribution in [0.15, 0.2) is 48.5 Å². The van der Waals surface area contributed by atoms with Crippen molar-refractivity contribution in [2.75, 3.05) is 13.2 Å². The summed E-state index contributed by atoms with van der Waals surface area (Å²) in [6, 6.07) is 13.4. The number of carbonyl (C=O) groups is 3. The molecular formula is C23H26N2O6. The minimum atomic E-state index is -1.45. The zero-order valence-corrected chi connectivity index (χ0v) is 17.4. The molecule has 31 heavy (non-hydrogen) atoms. The number of benzene rings is 2. The first-order valence-electron chi connectivity index (χ1n) is 10.1. The molecule has 0 spiro atoms. The highest BCUT2D eigenvalue weighted by Crippen LogP contribution is 2.44. The molecule has 8 heteroatoms. The average Bonchev–Trinajstić information content (AvgIpc) is 3.07. The molecule has 8 nitrogen and oxygen atoms in total. The summed E-state index contributed by atoms with van der Waals surface area (Å²) in [5.74, 6) is -2.51. The number of nitrogens with one attached hydrogen (secondary N) is 2. The second kappa shape index (κ2) is 9.61. The molecule has 0 aromatic heterocycles. The van der Waals surface area contributed by atoms with Gasteiger partial charge in [0.1, 0.15) is 18.7 Å². The van der Waals surface area contributed by atoms with Crippen molar-refractivity contribution in [1.29, 1.82) is 0 Å². The minimum absolute atomic E-state index is 0.0979. The zero-order valence-electron chi connectivity index (χ0n) is 17.4.